The van der Waals surface area contributed by atoms with Crippen LogP contribution < -0.4 is 5.84 Å². The van der Waals surface area contributed by atoms with Crippen LogP contribution in [-0.2, 0) is 0 Å². The highest BCUT2D eigenvalue weighted by atomic mass is 16.5. The summed E-state index contributed by atoms with van der Waals surface area (Å²) in [6, 6.07) is 0.383. The van der Waals surface area contributed by atoms with Crippen molar-refractivity contribution in [3.05, 3.63) is 5.21 Å². The molecular weight excluding hydrogens is 166 g/mol. The molecule has 0 amide bonds. The summed E-state index contributed by atoms with van der Waals surface area (Å²) in [4.78, 5) is 0. The largest absolute Gasteiger partial charge is 0.633 e. The number of hydroxylamine groups is 3. The quantitative estimate of drug-likeness (QED) is 0.366. The highest BCUT2D eigenvalue weighted by molar-refractivity contribution is 4.72. The van der Waals surface area contributed by atoms with Crippen molar-refractivity contribution in [1.82, 2.24) is 5.01 Å². The smallest absolute Gasteiger partial charge is 0.0929 e. The SMILES string of the molecule is NN1CC[N+]([O-])(C2CCCC2)CC1. The van der Waals surface area contributed by atoms with Gasteiger partial charge in [-0.1, -0.05) is 0 Å². The molecule has 1 saturated heterocycles. The predicted molar refractivity (Wildman–Crippen MR) is 51.4 cm³/mol. The molecule has 13 heavy (non-hydrogen) atoms. The minimum Gasteiger partial charge on any atom is -0.633 e. The van der Waals surface area contributed by atoms with Crippen LogP contribution in [0.2, 0.25) is 0 Å². The van der Waals surface area contributed by atoms with E-state index in [1.165, 1.54) is 12.8 Å². The molecule has 0 aromatic carbocycles. The Hall–Kier alpha value is -0.160. The van der Waals surface area contributed by atoms with Crippen LogP contribution in [0.5, 0.6) is 0 Å². The van der Waals surface area contributed by atoms with Gasteiger partial charge in [0.15, 0.2) is 0 Å². The molecule has 0 aromatic rings. The number of hydrogen-bond acceptors (Lipinski definition) is 3. The lowest BCUT2D eigenvalue weighted by molar-refractivity contribution is -0.909. The van der Waals surface area contributed by atoms with E-state index in [2.05, 4.69) is 0 Å². The summed E-state index contributed by atoms with van der Waals surface area (Å²) in [6.07, 6.45) is 4.76. The fraction of sp³-hybridized carbons (Fsp3) is 1.00. The summed E-state index contributed by atoms with van der Waals surface area (Å²) >= 11 is 0. The summed E-state index contributed by atoms with van der Waals surface area (Å²) in [5.74, 6) is 5.64. The van der Waals surface area contributed by atoms with Crippen molar-refractivity contribution in [2.75, 3.05) is 26.2 Å². The van der Waals surface area contributed by atoms with Crippen LogP contribution in [0.25, 0.3) is 0 Å². The molecule has 2 aliphatic rings. The first-order chi connectivity index (χ1) is 6.21. The minimum absolute atomic E-state index is 0.0354. The number of hydrazine groups is 1. The van der Waals surface area contributed by atoms with Crippen molar-refractivity contribution in [3.63, 3.8) is 0 Å². The average molecular weight is 185 g/mol. The Morgan fingerprint density at radius 2 is 1.69 bits per heavy atom. The Morgan fingerprint density at radius 3 is 2.23 bits per heavy atom. The van der Waals surface area contributed by atoms with E-state index in [1.807, 2.05) is 0 Å². The highest BCUT2D eigenvalue weighted by Crippen LogP contribution is 2.29. The first-order valence-corrected chi connectivity index (χ1v) is 5.28. The van der Waals surface area contributed by atoms with Gasteiger partial charge in [0.05, 0.1) is 32.2 Å². The fourth-order valence-corrected chi connectivity index (χ4v) is 2.56. The average Bonchev–Trinajstić information content (AvgIpc) is 2.63. The summed E-state index contributed by atoms with van der Waals surface area (Å²) in [5.41, 5.74) is 0. The monoisotopic (exact) mass is 185 g/mol. The van der Waals surface area contributed by atoms with E-state index in [0.717, 1.165) is 25.9 Å². The maximum Gasteiger partial charge on any atom is 0.0929 e. The topological polar surface area (TPSA) is 52.3 Å². The molecule has 0 spiro atoms. The third kappa shape index (κ3) is 1.86. The fourth-order valence-electron chi connectivity index (χ4n) is 2.56. The van der Waals surface area contributed by atoms with Crippen LogP contribution in [0, 0.1) is 5.21 Å². The van der Waals surface area contributed by atoms with Gasteiger partial charge in [-0.05, 0) is 25.7 Å². The van der Waals surface area contributed by atoms with E-state index in [4.69, 9.17) is 5.84 Å². The summed E-state index contributed by atoms with van der Waals surface area (Å²) in [5, 5.41) is 14.1. The van der Waals surface area contributed by atoms with E-state index < -0.39 is 0 Å². The van der Waals surface area contributed by atoms with E-state index in [0.29, 0.717) is 19.1 Å². The summed E-state index contributed by atoms with van der Waals surface area (Å²) < 4.78 is 0.0354. The van der Waals surface area contributed by atoms with Gasteiger partial charge in [0, 0.05) is 0 Å². The Kier molecular flexibility index (Phi) is 2.55. The zero-order chi connectivity index (χ0) is 9.31. The maximum absolute atomic E-state index is 12.3. The number of piperazine rings is 1. The van der Waals surface area contributed by atoms with Gasteiger partial charge < -0.3 is 9.85 Å². The molecule has 2 rings (SSSR count). The van der Waals surface area contributed by atoms with Gasteiger partial charge in [0.25, 0.3) is 0 Å². The molecule has 1 saturated carbocycles. The number of nitrogens with zero attached hydrogens (tertiary/aromatic N) is 2. The van der Waals surface area contributed by atoms with E-state index in [9.17, 15) is 5.21 Å². The maximum atomic E-state index is 12.3. The van der Waals surface area contributed by atoms with Crippen LogP contribution in [0.3, 0.4) is 0 Å². The van der Waals surface area contributed by atoms with Gasteiger partial charge in [0.1, 0.15) is 0 Å². The molecule has 1 heterocycles. The van der Waals surface area contributed by atoms with E-state index >= 15 is 0 Å². The van der Waals surface area contributed by atoms with Gasteiger partial charge >= 0.3 is 0 Å². The lowest BCUT2D eigenvalue weighted by atomic mass is 10.2. The second-order valence-electron chi connectivity index (χ2n) is 4.37. The third-order valence-corrected chi connectivity index (χ3v) is 3.52. The number of quaternary nitrogens is 1. The number of hydrogen-bond donors (Lipinski definition) is 1. The molecule has 1 aliphatic carbocycles. The van der Waals surface area contributed by atoms with Crippen LogP contribution in [0.15, 0.2) is 0 Å². The zero-order valence-electron chi connectivity index (χ0n) is 8.11. The minimum atomic E-state index is 0.0354. The standard InChI is InChI=1S/C9H19N3O/c10-11-5-7-12(13,8-6-11)9-3-1-2-4-9/h9H,1-8,10H2. The molecule has 4 heteroatoms. The highest BCUT2D eigenvalue weighted by Gasteiger charge is 2.34. The number of nitrogens with two attached hydrogens (primary N) is 1. The van der Waals surface area contributed by atoms with Gasteiger partial charge in [-0.25, -0.2) is 5.01 Å². The Balaban J connectivity index is 1.95. The molecule has 2 N–H and O–H groups in total. The van der Waals surface area contributed by atoms with Crippen molar-refractivity contribution < 1.29 is 4.65 Å². The lowest BCUT2D eigenvalue weighted by Gasteiger charge is -2.51. The summed E-state index contributed by atoms with van der Waals surface area (Å²) in [7, 11) is 0. The normalized spacial score (nSPS) is 30.9. The van der Waals surface area contributed by atoms with Crippen molar-refractivity contribution in [1.29, 1.82) is 0 Å². The molecule has 0 aromatic heterocycles. The lowest BCUT2D eigenvalue weighted by Crippen LogP contribution is -2.61. The van der Waals surface area contributed by atoms with Crippen LogP contribution in [-0.4, -0.2) is 41.9 Å². The van der Waals surface area contributed by atoms with Crippen molar-refractivity contribution in [3.8, 4) is 0 Å². The second kappa shape index (κ2) is 3.53. The first kappa shape index (κ1) is 9.40. The van der Waals surface area contributed by atoms with Crippen LogP contribution in [0.4, 0.5) is 0 Å². The second-order valence-corrected chi connectivity index (χ2v) is 4.37. The van der Waals surface area contributed by atoms with Gasteiger partial charge in [-0.2, -0.15) is 0 Å². The molecule has 0 atom stereocenters. The van der Waals surface area contributed by atoms with Crippen molar-refractivity contribution in [2.45, 2.75) is 31.7 Å². The molecular formula is C9H19N3O. The Bertz CT molecular complexity index is 172. The first-order valence-electron chi connectivity index (χ1n) is 5.28. The molecule has 2 fully saturated rings. The molecule has 4 nitrogen and oxygen atoms in total. The van der Waals surface area contributed by atoms with Crippen molar-refractivity contribution in [2.24, 2.45) is 5.84 Å². The van der Waals surface area contributed by atoms with Crippen molar-refractivity contribution >= 4 is 0 Å². The third-order valence-electron chi connectivity index (χ3n) is 3.52. The zero-order valence-corrected chi connectivity index (χ0v) is 8.11. The van der Waals surface area contributed by atoms with E-state index in [1.54, 1.807) is 5.01 Å². The molecule has 0 bridgehead atoms. The molecule has 0 radical (unpaired) electrons. The number of rotatable bonds is 1. The predicted octanol–water partition coefficient (Wildman–Crippen LogP) is 0.433. The Morgan fingerprint density at radius 1 is 1.15 bits per heavy atom. The van der Waals surface area contributed by atoms with Gasteiger partial charge in [0.2, 0.25) is 0 Å². The molecule has 76 valence electrons. The molecule has 1 aliphatic heterocycles. The van der Waals surface area contributed by atoms with E-state index in [-0.39, 0.29) is 4.65 Å². The molecule has 0 unspecified atom stereocenters. The van der Waals surface area contributed by atoms with Gasteiger partial charge in [-0.3, -0.25) is 5.84 Å². The summed E-state index contributed by atoms with van der Waals surface area (Å²) in [6.45, 7) is 2.92. The van der Waals surface area contributed by atoms with Gasteiger partial charge in [-0.15, -0.1) is 0 Å². The van der Waals surface area contributed by atoms with Crippen LogP contribution in [0.1, 0.15) is 25.7 Å². The van der Waals surface area contributed by atoms with Crippen LogP contribution >= 0.6 is 0 Å². The Labute approximate surface area is 79.4 Å².